The first-order valence-electron chi connectivity index (χ1n) is 5.39. The van der Waals surface area contributed by atoms with E-state index in [1.54, 1.807) is 0 Å². The molecule has 0 aliphatic rings. The minimum absolute atomic E-state index is 0.0784. The van der Waals surface area contributed by atoms with Gasteiger partial charge in [0.25, 0.3) is 0 Å². The summed E-state index contributed by atoms with van der Waals surface area (Å²) in [6.07, 6.45) is 0. The fourth-order valence-corrected chi connectivity index (χ4v) is 1.79. The van der Waals surface area contributed by atoms with Crippen molar-refractivity contribution in [2.24, 2.45) is 0 Å². The highest BCUT2D eigenvalue weighted by atomic mass is 16.5. The maximum atomic E-state index is 11.1. The molecular formula is C14H13NO3. The predicted molar refractivity (Wildman–Crippen MR) is 69.8 cm³/mol. The van der Waals surface area contributed by atoms with Crippen molar-refractivity contribution in [2.45, 2.75) is 0 Å². The highest BCUT2D eigenvalue weighted by Gasteiger charge is 2.14. The highest BCUT2D eigenvalue weighted by molar-refractivity contribution is 5.96. The molecule has 4 nitrogen and oxygen atoms in total. The summed E-state index contributed by atoms with van der Waals surface area (Å²) in [4.78, 5) is 11.1. The van der Waals surface area contributed by atoms with Crippen molar-refractivity contribution in [3.8, 4) is 16.9 Å². The molecule has 92 valence electrons. The summed E-state index contributed by atoms with van der Waals surface area (Å²) in [5, 5.41) is 9.08. The van der Waals surface area contributed by atoms with Gasteiger partial charge in [-0.3, -0.25) is 0 Å². The van der Waals surface area contributed by atoms with Crippen LogP contribution in [0.25, 0.3) is 11.1 Å². The zero-order valence-corrected chi connectivity index (χ0v) is 9.88. The Morgan fingerprint density at radius 1 is 1.22 bits per heavy atom. The number of benzene rings is 2. The van der Waals surface area contributed by atoms with Gasteiger partial charge in [-0.2, -0.15) is 0 Å². The van der Waals surface area contributed by atoms with Gasteiger partial charge in [0.1, 0.15) is 5.75 Å². The number of carbonyl (C=O) groups is 1. The van der Waals surface area contributed by atoms with Crippen LogP contribution in [-0.2, 0) is 0 Å². The smallest absolute Gasteiger partial charge is 0.337 e. The van der Waals surface area contributed by atoms with Gasteiger partial charge in [0.05, 0.1) is 12.7 Å². The zero-order chi connectivity index (χ0) is 13.1. The third-order valence-electron chi connectivity index (χ3n) is 2.69. The van der Waals surface area contributed by atoms with Gasteiger partial charge < -0.3 is 15.6 Å². The van der Waals surface area contributed by atoms with Gasteiger partial charge in [0.2, 0.25) is 0 Å². The number of aromatic carboxylic acids is 1. The average Bonchev–Trinajstić information content (AvgIpc) is 2.39. The number of methoxy groups -OCH3 is 1. The van der Waals surface area contributed by atoms with Crippen molar-refractivity contribution < 1.29 is 14.6 Å². The van der Waals surface area contributed by atoms with Gasteiger partial charge in [-0.25, -0.2) is 4.79 Å². The molecule has 0 radical (unpaired) electrons. The average molecular weight is 243 g/mol. The van der Waals surface area contributed by atoms with E-state index in [2.05, 4.69) is 0 Å². The second-order valence-electron chi connectivity index (χ2n) is 3.81. The molecule has 3 N–H and O–H groups in total. The molecule has 0 saturated carbocycles. The monoisotopic (exact) mass is 243 g/mol. The third-order valence-corrected chi connectivity index (χ3v) is 2.69. The predicted octanol–water partition coefficient (Wildman–Crippen LogP) is 2.64. The Hall–Kier alpha value is -2.49. The molecule has 0 amide bonds. The first-order valence-corrected chi connectivity index (χ1v) is 5.39. The lowest BCUT2D eigenvalue weighted by molar-refractivity contribution is 0.0698. The Balaban J connectivity index is 2.65. The first kappa shape index (κ1) is 12.0. The van der Waals surface area contributed by atoms with Crippen molar-refractivity contribution in [1.82, 2.24) is 0 Å². The SMILES string of the molecule is COc1cc(N)c(C(=O)O)cc1-c1ccccc1. The second kappa shape index (κ2) is 4.79. The lowest BCUT2D eigenvalue weighted by Gasteiger charge is -2.11. The summed E-state index contributed by atoms with van der Waals surface area (Å²) in [6.45, 7) is 0. The van der Waals surface area contributed by atoms with Gasteiger partial charge in [0.15, 0.2) is 0 Å². The van der Waals surface area contributed by atoms with Gasteiger partial charge in [-0.1, -0.05) is 30.3 Å². The summed E-state index contributed by atoms with van der Waals surface area (Å²) in [7, 11) is 1.53. The number of carboxylic acid groups (broad SMARTS) is 1. The summed E-state index contributed by atoms with van der Waals surface area (Å²) in [6, 6.07) is 12.5. The largest absolute Gasteiger partial charge is 0.496 e. The number of nitrogens with two attached hydrogens (primary N) is 1. The zero-order valence-electron chi connectivity index (χ0n) is 9.88. The van der Waals surface area contributed by atoms with Gasteiger partial charge >= 0.3 is 5.97 Å². The van der Waals surface area contributed by atoms with E-state index in [1.165, 1.54) is 19.2 Å². The fraction of sp³-hybridized carbons (Fsp3) is 0.0714. The van der Waals surface area contributed by atoms with Crippen LogP contribution in [0.15, 0.2) is 42.5 Å². The minimum atomic E-state index is -1.05. The van der Waals surface area contributed by atoms with Crippen LogP contribution in [0, 0.1) is 0 Å². The quantitative estimate of drug-likeness (QED) is 0.813. The maximum Gasteiger partial charge on any atom is 0.337 e. The Kier molecular flexibility index (Phi) is 3.19. The number of rotatable bonds is 3. The molecule has 18 heavy (non-hydrogen) atoms. The summed E-state index contributed by atoms with van der Waals surface area (Å²) >= 11 is 0. The molecule has 0 heterocycles. The van der Waals surface area contributed by atoms with Crippen LogP contribution in [0.3, 0.4) is 0 Å². The van der Waals surface area contributed by atoms with Gasteiger partial charge in [-0.05, 0) is 11.6 Å². The highest BCUT2D eigenvalue weighted by Crippen LogP contribution is 2.33. The molecule has 2 aromatic carbocycles. The molecule has 2 rings (SSSR count). The van der Waals surface area contributed by atoms with E-state index < -0.39 is 5.97 Å². The van der Waals surface area contributed by atoms with E-state index in [1.807, 2.05) is 30.3 Å². The van der Waals surface area contributed by atoms with Crippen molar-refractivity contribution in [3.63, 3.8) is 0 Å². The molecule has 0 bridgehead atoms. The molecule has 0 unspecified atom stereocenters. The maximum absolute atomic E-state index is 11.1. The van der Waals surface area contributed by atoms with Crippen molar-refractivity contribution in [2.75, 3.05) is 12.8 Å². The number of hydrogen-bond donors (Lipinski definition) is 2. The molecule has 0 spiro atoms. The Bertz CT molecular complexity index is 579. The molecular weight excluding hydrogens is 230 g/mol. The normalized spacial score (nSPS) is 10.1. The van der Waals surface area contributed by atoms with Crippen LogP contribution in [-0.4, -0.2) is 18.2 Å². The molecule has 0 fully saturated rings. The standard InChI is InChI=1S/C14H13NO3/c1-18-13-8-12(15)11(14(16)17)7-10(13)9-5-3-2-4-6-9/h2-8H,15H2,1H3,(H,16,17). The first-order chi connectivity index (χ1) is 8.63. The summed E-state index contributed by atoms with van der Waals surface area (Å²) < 4.78 is 5.24. The Labute approximate surface area is 105 Å². The van der Waals surface area contributed by atoms with Crippen molar-refractivity contribution in [3.05, 3.63) is 48.0 Å². The van der Waals surface area contributed by atoms with Crippen LogP contribution in [0.4, 0.5) is 5.69 Å². The number of anilines is 1. The van der Waals surface area contributed by atoms with E-state index in [0.29, 0.717) is 11.3 Å². The lowest BCUT2D eigenvalue weighted by Crippen LogP contribution is -2.03. The van der Waals surface area contributed by atoms with E-state index in [4.69, 9.17) is 15.6 Å². The van der Waals surface area contributed by atoms with Crippen LogP contribution in [0.5, 0.6) is 5.75 Å². The van der Waals surface area contributed by atoms with E-state index >= 15 is 0 Å². The fourth-order valence-electron chi connectivity index (χ4n) is 1.79. The second-order valence-corrected chi connectivity index (χ2v) is 3.81. The van der Waals surface area contributed by atoms with Crippen molar-refractivity contribution >= 4 is 11.7 Å². The Morgan fingerprint density at radius 2 is 1.89 bits per heavy atom. The van der Waals surface area contributed by atoms with E-state index in [0.717, 1.165) is 5.56 Å². The molecule has 0 aliphatic carbocycles. The molecule has 0 aliphatic heterocycles. The van der Waals surface area contributed by atoms with Crippen molar-refractivity contribution in [1.29, 1.82) is 0 Å². The lowest BCUT2D eigenvalue weighted by atomic mass is 10.0. The number of carboxylic acids is 1. The molecule has 2 aromatic rings. The molecule has 4 heteroatoms. The van der Waals surface area contributed by atoms with Crippen LogP contribution < -0.4 is 10.5 Å². The minimum Gasteiger partial charge on any atom is -0.496 e. The van der Waals surface area contributed by atoms with Gasteiger partial charge in [0, 0.05) is 17.3 Å². The Morgan fingerprint density at radius 3 is 2.44 bits per heavy atom. The molecule has 0 saturated heterocycles. The number of ether oxygens (including phenoxy) is 1. The van der Waals surface area contributed by atoms with Crippen LogP contribution >= 0.6 is 0 Å². The number of hydrogen-bond acceptors (Lipinski definition) is 3. The molecule has 0 aromatic heterocycles. The number of nitrogen functional groups attached to an aromatic ring is 1. The van der Waals surface area contributed by atoms with Crippen LogP contribution in [0.1, 0.15) is 10.4 Å². The topological polar surface area (TPSA) is 72.5 Å². The van der Waals surface area contributed by atoms with E-state index in [-0.39, 0.29) is 11.3 Å². The third kappa shape index (κ3) is 2.13. The van der Waals surface area contributed by atoms with E-state index in [9.17, 15) is 4.79 Å². The van der Waals surface area contributed by atoms with Gasteiger partial charge in [-0.15, -0.1) is 0 Å². The van der Waals surface area contributed by atoms with Crippen LogP contribution in [0.2, 0.25) is 0 Å². The summed E-state index contributed by atoms with van der Waals surface area (Å²) in [5.74, 6) is -0.490. The molecule has 0 atom stereocenters. The summed E-state index contributed by atoms with van der Waals surface area (Å²) in [5.41, 5.74) is 7.55.